The summed E-state index contributed by atoms with van der Waals surface area (Å²) in [5, 5.41) is 0. The van der Waals surface area contributed by atoms with Crippen molar-refractivity contribution >= 4 is 5.69 Å². The van der Waals surface area contributed by atoms with Gasteiger partial charge in [0.15, 0.2) is 0 Å². The third-order valence-corrected chi connectivity index (χ3v) is 3.74. The summed E-state index contributed by atoms with van der Waals surface area (Å²) in [5.74, 6) is 0. The summed E-state index contributed by atoms with van der Waals surface area (Å²) < 4.78 is 0. The standard InChI is InChI=1S/C18H24N2/c1-3-15-10-12-16(13-11-15)18(19)14-20(4-2)17-8-6-5-7-9-17/h5-13,18H,3-4,14,19H2,1-2H3. The maximum Gasteiger partial charge on any atom is 0.0473 e. The first-order chi connectivity index (χ1) is 9.74. The molecule has 0 bridgehead atoms. The van der Waals surface area contributed by atoms with E-state index in [0.717, 1.165) is 19.5 Å². The lowest BCUT2D eigenvalue weighted by Gasteiger charge is -2.26. The van der Waals surface area contributed by atoms with Crippen LogP contribution in [0, 0.1) is 0 Å². The van der Waals surface area contributed by atoms with Gasteiger partial charge in [0.1, 0.15) is 0 Å². The quantitative estimate of drug-likeness (QED) is 0.864. The molecule has 0 aliphatic heterocycles. The highest BCUT2D eigenvalue weighted by Crippen LogP contribution is 2.18. The van der Waals surface area contributed by atoms with Gasteiger partial charge in [0.2, 0.25) is 0 Å². The van der Waals surface area contributed by atoms with E-state index in [4.69, 9.17) is 5.73 Å². The van der Waals surface area contributed by atoms with E-state index in [1.807, 2.05) is 6.07 Å². The summed E-state index contributed by atoms with van der Waals surface area (Å²) >= 11 is 0. The molecule has 0 saturated carbocycles. The van der Waals surface area contributed by atoms with Crippen molar-refractivity contribution in [2.75, 3.05) is 18.0 Å². The summed E-state index contributed by atoms with van der Waals surface area (Å²) in [6.45, 7) is 6.14. The zero-order valence-electron chi connectivity index (χ0n) is 12.4. The topological polar surface area (TPSA) is 29.3 Å². The van der Waals surface area contributed by atoms with Crippen LogP contribution in [0.2, 0.25) is 0 Å². The van der Waals surface area contributed by atoms with Crippen LogP contribution in [0.15, 0.2) is 54.6 Å². The van der Waals surface area contributed by atoms with Crippen LogP contribution >= 0.6 is 0 Å². The Morgan fingerprint density at radius 2 is 1.60 bits per heavy atom. The third-order valence-electron chi connectivity index (χ3n) is 3.74. The Morgan fingerprint density at radius 3 is 2.15 bits per heavy atom. The van der Waals surface area contributed by atoms with Gasteiger partial charge in [-0.05, 0) is 36.6 Å². The highest BCUT2D eigenvalue weighted by molar-refractivity contribution is 5.46. The number of rotatable bonds is 6. The first-order valence-corrected chi connectivity index (χ1v) is 7.39. The van der Waals surface area contributed by atoms with E-state index in [0.29, 0.717) is 0 Å². The van der Waals surface area contributed by atoms with E-state index >= 15 is 0 Å². The van der Waals surface area contributed by atoms with Crippen LogP contribution in [0.25, 0.3) is 0 Å². The summed E-state index contributed by atoms with van der Waals surface area (Å²) in [6, 6.07) is 19.2. The van der Waals surface area contributed by atoms with Gasteiger partial charge in [-0.3, -0.25) is 0 Å². The highest BCUT2D eigenvalue weighted by atomic mass is 15.1. The maximum absolute atomic E-state index is 6.36. The number of likely N-dealkylation sites (N-methyl/N-ethyl adjacent to an activating group) is 1. The molecule has 2 heteroatoms. The minimum atomic E-state index is 0.0427. The highest BCUT2D eigenvalue weighted by Gasteiger charge is 2.11. The van der Waals surface area contributed by atoms with Crippen LogP contribution in [0.3, 0.4) is 0 Å². The Labute approximate surface area is 122 Å². The fraction of sp³-hybridized carbons (Fsp3) is 0.333. The molecular weight excluding hydrogens is 244 g/mol. The van der Waals surface area contributed by atoms with Gasteiger partial charge < -0.3 is 10.6 Å². The fourth-order valence-corrected chi connectivity index (χ4v) is 2.40. The van der Waals surface area contributed by atoms with E-state index in [9.17, 15) is 0 Å². The summed E-state index contributed by atoms with van der Waals surface area (Å²) in [6.07, 6.45) is 1.07. The van der Waals surface area contributed by atoms with Gasteiger partial charge in [-0.15, -0.1) is 0 Å². The normalized spacial score (nSPS) is 12.2. The SMILES string of the molecule is CCc1ccc(C(N)CN(CC)c2ccccc2)cc1. The average Bonchev–Trinajstić information content (AvgIpc) is 2.53. The number of para-hydroxylation sites is 1. The summed E-state index contributed by atoms with van der Waals surface area (Å²) in [5.41, 5.74) is 10.2. The van der Waals surface area contributed by atoms with Crippen molar-refractivity contribution in [3.05, 3.63) is 65.7 Å². The van der Waals surface area contributed by atoms with E-state index in [-0.39, 0.29) is 6.04 Å². The lowest BCUT2D eigenvalue weighted by molar-refractivity contribution is 0.677. The molecule has 0 radical (unpaired) electrons. The van der Waals surface area contributed by atoms with Crippen LogP contribution in [0.4, 0.5) is 5.69 Å². The Kier molecular flexibility index (Phi) is 5.19. The molecule has 2 rings (SSSR count). The Morgan fingerprint density at radius 1 is 0.950 bits per heavy atom. The first kappa shape index (κ1) is 14.6. The van der Waals surface area contributed by atoms with Crippen LogP contribution in [0.5, 0.6) is 0 Å². The molecule has 0 amide bonds. The van der Waals surface area contributed by atoms with E-state index < -0.39 is 0 Å². The lowest BCUT2D eigenvalue weighted by Crippen LogP contribution is -2.32. The van der Waals surface area contributed by atoms with Crippen molar-refractivity contribution in [2.24, 2.45) is 5.73 Å². The first-order valence-electron chi connectivity index (χ1n) is 7.39. The van der Waals surface area contributed by atoms with Crippen molar-refractivity contribution in [3.63, 3.8) is 0 Å². The second-order valence-corrected chi connectivity index (χ2v) is 5.08. The van der Waals surface area contributed by atoms with Gasteiger partial charge in [-0.25, -0.2) is 0 Å². The van der Waals surface area contributed by atoms with Crippen molar-refractivity contribution in [1.82, 2.24) is 0 Å². The number of hydrogen-bond acceptors (Lipinski definition) is 2. The summed E-state index contributed by atoms with van der Waals surface area (Å²) in [7, 11) is 0. The van der Waals surface area contributed by atoms with Gasteiger partial charge in [0.25, 0.3) is 0 Å². The van der Waals surface area contributed by atoms with Crippen molar-refractivity contribution in [1.29, 1.82) is 0 Å². The largest absolute Gasteiger partial charge is 0.370 e. The van der Waals surface area contributed by atoms with E-state index in [1.54, 1.807) is 0 Å². The van der Waals surface area contributed by atoms with Crippen LogP contribution in [0.1, 0.15) is 31.0 Å². The lowest BCUT2D eigenvalue weighted by atomic mass is 10.0. The molecule has 2 N–H and O–H groups in total. The molecule has 2 aromatic carbocycles. The van der Waals surface area contributed by atoms with Gasteiger partial charge in [-0.1, -0.05) is 49.4 Å². The molecule has 0 aliphatic carbocycles. The van der Waals surface area contributed by atoms with Crippen LogP contribution in [-0.4, -0.2) is 13.1 Å². The second kappa shape index (κ2) is 7.11. The molecule has 20 heavy (non-hydrogen) atoms. The van der Waals surface area contributed by atoms with Crippen LogP contribution < -0.4 is 10.6 Å². The Bertz CT molecular complexity index is 505. The van der Waals surface area contributed by atoms with Crippen molar-refractivity contribution in [3.8, 4) is 0 Å². The smallest absolute Gasteiger partial charge is 0.0473 e. The van der Waals surface area contributed by atoms with Crippen LogP contribution in [-0.2, 0) is 6.42 Å². The molecule has 1 unspecified atom stereocenters. The van der Waals surface area contributed by atoms with E-state index in [1.165, 1.54) is 16.8 Å². The molecule has 0 aliphatic rings. The molecule has 0 aromatic heterocycles. The predicted molar refractivity (Wildman–Crippen MR) is 87.1 cm³/mol. The molecular formula is C18H24N2. The molecule has 0 fully saturated rings. The summed E-state index contributed by atoms with van der Waals surface area (Å²) in [4.78, 5) is 2.32. The average molecular weight is 268 g/mol. The number of benzene rings is 2. The number of anilines is 1. The maximum atomic E-state index is 6.36. The number of nitrogens with two attached hydrogens (primary N) is 1. The fourth-order valence-electron chi connectivity index (χ4n) is 2.40. The molecule has 106 valence electrons. The zero-order valence-corrected chi connectivity index (χ0v) is 12.4. The Hall–Kier alpha value is -1.80. The molecule has 0 spiro atoms. The monoisotopic (exact) mass is 268 g/mol. The van der Waals surface area contributed by atoms with E-state index in [2.05, 4.69) is 67.3 Å². The number of nitrogens with zero attached hydrogens (tertiary/aromatic N) is 1. The third kappa shape index (κ3) is 3.61. The second-order valence-electron chi connectivity index (χ2n) is 5.08. The van der Waals surface area contributed by atoms with Gasteiger partial charge in [-0.2, -0.15) is 0 Å². The molecule has 2 aromatic rings. The molecule has 2 nitrogen and oxygen atoms in total. The minimum absolute atomic E-state index is 0.0427. The van der Waals surface area contributed by atoms with Gasteiger partial charge in [0, 0.05) is 24.8 Å². The molecule has 1 atom stereocenters. The number of aryl methyl sites for hydroxylation is 1. The molecule has 0 saturated heterocycles. The zero-order chi connectivity index (χ0) is 14.4. The number of hydrogen-bond donors (Lipinski definition) is 1. The Balaban J connectivity index is 2.06. The predicted octanol–water partition coefficient (Wildman–Crippen LogP) is 3.78. The van der Waals surface area contributed by atoms with Gasteiger partial charge >= 0.3 is 0 Å². The van der Waals surface area contributed by atoms with Crippen molar-refractivity contribution in [2.45, 2.75) is 26.3 Å². The molecule has 0 heterocycles. The van der Waals surface area contributed by atoms with Gasteiger partial charge in [0.05, 0.1) is 0 Å². The van der Waals surface area contributed by atoms with Crippen molar-refractivity contribution < 1.29 is 0 Å². The minimum Gasteiger partial charge on any atom is -0.370 e.